The molecule has 1 heterocycles. The highest BCUT2D eigenvalue weighted by atomic mass is 16.4. The van der Waals surface area contributed by atoms with Crippen LogP contribution in [0.4, 0.5) is 11.5 Å². The summed E-state index contributed by atoms with van der Waals surface area (Å²) in [6.45, 7) is 2.00. The van der Waals surface area contributed by atoms with E-state index in [2.05, 4.69) is 4.98 Å². The van der Waals surface area contributed by atoms with E-state index in [-0.39, 0.29) is 5.56 Å². The van der Waals surface area contributed by atoms with Crippen molar-refractivity contribution in [2.75, 3.05) is 11.5 Å². The lowest BCUT2D eigenvalue weighted by Crippen LogP contribution is -2.21. The van der Waals surface area contributed by atoms with Crippen molar-refractivity contribution < 1.29 is 14.9 Å². The number of carboxylic acid groups (broad SMARTS) is 1. The van der Waals surface area contributed by atoms with Gasteiger partial charge < -0.3 is 15.6 Å². The number of carbonyl (C=O) groups is 1. The van der Waals surface area contributed by atoms with Crippen LogP contribution in [0.3, 0.4) is 0 Å². The number of H-pyrrole nitrogens is 1. The number of hydrogen-bond donors (Lipinski definition) is 2. The summed E-state index contributed by atoms with van der Waals surface area (Å²) in [7, 11) is 0. The van der Waals surface area contributed by atoms with Crippen LogP contribution in [0, 0.1) is 6.92 Å². The molecule has 0 aliphatic heterocycles. The molecular weight excluding hydrogens is 230 g/mol. The van der Waals surface area contributed by atoms with Crippen molar-refractivity contribution in [2.24, 2.45) is 0 Å². The van der Waals surface area contributed by atoms with E-state index in [0.717, 1.165) is 0 Å². The van der Waals surface area contributed by atoms with Crippen LogP contribution in [-0.2, 0) is 0 Å². The Morgan fingerprint density at radius 1 is 1.17 bits per heavy atom. The Bertz CT molecular complexity index is 507. The summed E-state index contributed by atoms with van der Waals surface area (Å²) >= 11 is 0. The lowest BCUT2D eigenvalue weighted by atomic mass is 10.2. The van der Waals surface area contributed by atoms with E-state index in [0.29, 0.717) is 11.5 Å². The molecule has 1 aromatic heterocycles. The molecule has 0 atom stereocenters. The van der Waals surface area contributed by atoms with Crippen molar-refractivity contribution in [2.45, 2.75) is 6.92 Å². The third-order valence-electron chi connectivity index (χ3n) is 2.13. The summed E-state index contributed by atoms with van der Waals surface area (Å²) < 4.78 is 0. The molecule has 5 N–H and O–H groups in total. The van der Waals surface area contributed by atoms with Crippen molar-refractivity contribution in [1.29, 1.82) is 0 Å². The smallest absolute Gasteiger partial charge is 0.270 e. The molecule has 2 aromatic rings. The first-order valence-electron chi connectivity index (χ1n) is 5.29. The third-order valence-corrected chi connectivity index (χ3v) is 2.13. The maximum atomic E-state index is 10.2. The van der Waals surface area contributed by atoms with Gasteiger partial charge in [-0.1, -0.05) is 12.1 Å². The van der Waals surface area contributed by atoms with Gasteiger partial charge in [-0.15, -0.1) is 0 Å². The molecule has 0 unspecified atom stereocenters. The Balaban J connectivity index is 0.000000184. The molecule has 94 valence electrons. The number of anilines is 2. The average molecular weight is 245 g/mol. The number of hydrogen-bond acceptors (Lipinski definition) is 4. The zero-order valence-corrected chi connectivity index (χ0v) is 10.0. The number of aromatic amines is 1. The topological polar surface area (TPSA) is 106 Å². The van der Waals surface area contributed by atoms with Gasteiger partial charge in [-0.25, -0.2) is 4.98 Å². The van der Waals surface area contributed by atoms with Gasteiger partial charge >= 0.3 is 0 Å². The monoisotopic (exact) mass is 245 g/mol. The number of aryl methyl sites for hydroxylation is 1. The third kappa shape index (κ3) is 4.52. The van der Waals surface area contributed by atoms with Gasteiger partial charge in [0.15, 0.2) is 0 Å². The highest BCUT2D eigenvalue weighted by molar-refractivity contribution is 5.86. The summed E-state index contributed by atoms with van der Waals surface area (Å²) in [6, 6.07) is 9.71. The van der Waals surface area contributed by atoms with Gasteiger partial charge in [0, 0.05) is 11.8 Å². The normalized spacial score (nSPS) is 9.17. The molecule has 0 fully saturated rings. The van der Waals surface area contributed by atoms with Gasteiger partial charge in [-0.05, 0) is 36.2 Å². The van der Waals surface area contributed by atoms with Gasteiger partial charge in [0.25, 0.3) is 5.82 Å². The summed E-state index contributed by atoms with van der Waals surface area (Å²) in [6.07, 6.45) is 1.82. The quantitative estimate of drug-likeness (QED) is 0.691. The fraction of sp³-hybridized carbons (Fsp3) is 0.0769. The number of nitrogens with two attached hydrogens (primary N) is 2. The second-order valence-corrected chi connectivity index (χ2v) is 3.73. The minimum atomic E-state index is -1.18. The minimum absolute atomic E-state index is 0.147. The number of rotatable bonds is 1. The van der Waals surface area contributed by atoms with E-state index in [1.165, 1.54) is 29.8 Å². The largest absolute Gasteiger partial charge is 0.545 e. The molecule has 0 saturated carbocycles. The Morgan fingerprint density at radius 2 is 1.78 bits per heavy atom. The molecule has 0 aliphatic carbocycles. The van der Waals surface area contributed by atoms with Crippen LogP contribution in [-0.4, -0.2) is 5.97 Å². The van der Waals surface area contributed by atoms with Crippen molar-refractivity contribution in [3.05, 3.63) is 53.7 Å². The predicted octanol–water partition coefficient (Wildman–Crippen LogP) is 0.0236. The maximum Gasteiger partial charge on any atom is 0.270 e. The molecular formula is C13H15N3O2. The number of benzene rings is 1. The van der Waals surface area contributed by atoms with Crippen LogP contribution in [0.1, 0.15) is 15.9 Å². The van der Waals surface area contributed by atoms with Crippen LogP contribution in [0.5, 0.6) is 0 Å². The molecule has 5 nitrogen and oxygen atoms in total. The fourth-order valence-electron chi connectivity index (χ4n) is 1.22. The molecule has 0 radical (unpaired) electrons. The molecule has 2 rings (SSSR count). The summed E-state index contributed by atoms with van der Waals surface area (Å²) in [5.41, 5.74) is 12.6. The molecule has 1 aromatic carbocycles. The SMILES string of the molecule is Cc1cc[nH+]c(N)c1.Nc1ccc(C(=O)[O-])cc1. The number of aromatic carboxylic acids is 1. The lowest BCUT2D eigenvalue weighted by molar-refractivity contribution is -0.360. The molecule has 0 spiro atoms. The molecule has 0 amide bonds. The summed E-state index contributed by atoms with van der Waals surface area (Å²) in [5.74, 6) is -0.468. The lowest BCUT2D eigenvalue weighted by Gasteiger charge is -2.00. The molecule has 0 aliphatic rings. The van der Waals surface area contributed by atoms with Gasteiger partial charge in [0.1, 0.15) is 0 Å². The van der Waals surface area contributed by atoms with E-state index in [1.54, 1.807) is 0 Å². The van der Waals surface area contributed by atoms with Crippen LogP contribution < -0.4 is 21.6 Å². The first-order chi connectivity index (χ1) is 8.49. The van der Waals surface area contributed by atoms with Crippen LogP contribution in [0.2, 0.25) is 0 Å². The van der Waals surface area contributed by atoms with E-state index >= 15 is 0 Å². The van der Waals surface area contributed by atoms with Crippen molar-refractivity contribution in [1.82, 2.24) is 0 Å². The number of carboxylic acids is 1. The van der Waals surface area contributed by atoms with Crippen molar-refractivity contribution >= 4 is 17.5 Å². The van der Waals surface area contributed by atoms with Gasteiger partial charge in [0.05, 0.1) is 12.2 Å². The number of nitrogens with one attached hydrogen (secondary N) is 1. The molecule has 0 bridgehead atoms. The van der Waals surface area contributed by atoms with Crippen LogP contribution in [0.25, 0.3) is 0 Å². The van der Waals surface area contributed by atoms with Crippen LogP contribution in [0.15, 0.2) is 42.6 Å². The molecule has 0 saturated heterocycles. The average Bonchev–Trinajstić information content (AvgIpc) is 2.30. The molecule has 18 heavy (non-hydrogen) atoms. The van der Waals surface area contributed by atoms with E-state index in [4.69, 9.17) is 11.5 Å². The fourth-order valence-corrected chi connectivity index (χ4v) is 1.22. The Labute approximate surface area is 105 Å². The minimum Gasteiger partial charge on any atom is -0.545 e. The highest BCUT2D eigenvalue weighted by Gasteiger charge is 1.90. The highest BCUT2D eigenvalue weighted by Crippen LogP contribution is 2.03. The van der Waals surface area contributed by atoms with Gasteiger partial charge in [-0.2, -0.15) is 0 Å². The Hall–Kier alpha value is -2.56. The standard InChI is InChI=1S/C7H7NO2.C6H8N2/c8-6-3-1-5(2-4-6)7(9)10;1-5-2-3-8-6(7)4-5/h1-4H,8H2,(H,9,10);2-4H,1H3,(H2,7,8). The van der Waals surface area contributed by atoms with E-state index in [1.807, 2.05) is 25.3 Å². The van der Waals surface area contributed by atoms with Crippen molar-refractivity contribution in [3.8, 4) is 0 Å². The number of nitrogen functional groups attached to an aromatic ring is 2. The number of pyridine rings is 1. The van der Waals surface area contributed by atoms with Gasteiger partial charge in [-0.3, -0.25) is 5.73 Å². The van der Waals surface area contributed by atoms with Crippen molar-refractivity contribution in [3.63, 3.8) is 0 Å². The number of aromatic nitrogens is 1. The Morgan fingerprint density at radius 3 is 2.17 bits per heavy atom. The Kier molecular flexibility index (Phi) is 4.68. The summed E-state index contributed by atoms with van der Waals surface area (Å²) in [4.78, 5) is 13.0. The van der Waals surface area contributed by atoms with Crippen LogP contribution >= 0.6 is 0 Å². The zero-order chi connectivity index (χ0) is 13.5. The number of carbonyl (C=O) groups excluding carboxylic acids is 1. The second kappa shape index (κ2) is 6.24. The first-order valence-corrected chi connectivity index (χ1v) is 5.29. The molecule has 5 heteroatoms. The summed E-state index contributed by atoms with van der Waals surface area (Å²) in [5, 5.41) is 10.2. The van der Waals surface area contributed by atoms with Gasteiger partial charge in [0.2, 0.25) is 0 Å². The first kappa shape index (κ1) is 13.5. The maximum absolute atomic E-state index is 10.2. The van der Waals surface area contributed by atoms with E-state index < -0.39 is 5.97 Å². The zero-order valence-electron chi connectivity index (χ0n) is 10.0. The second-order valence-electron chi connectivity index (χ2n) is 3.73. The predicted molar refractivity (Wildman–Crippen MR) is 67.3 cm³/mol. The van der Waals surface area contributed by atoms with E-state index in [9.17, 15) is 9.90 Å².